The Morgan fingerprint density at radius 1 is 1.35 bits per heavy atom. The lowest BCUT2D eigenvalue weighted by atomic mass is 10.2. The predicted octanol–water partition coefficient (Wildman–Crippen LogP) is 4.04. The molecular weight excluding hydrogens is 299 g/mol. The fraction of sp³-hybridized carbons (Fsp3) is 0.364. The van der Waals surface area contributed by atoms with Crippen molar-refractivity contribution in [1.29, 1.82) is 5.26 Å². The molecule has 0 atom stereocenters. The van der Waals surface area contributed by atoms with Crippen LogP contribution in [0.4, 0.5) is 13.2 Å². The Bertz CT molecular complexity index is 426. The Morgan fingerprint density at radius 3 is 2.59 bits per heavy atom. The number of hydrogen-bond acceptors (Lipinski definition) is 2. The van der Waals surface area contributed by atoms with E-state index in [1.807, 2.05) is 6.07 Å². The van der Waals surface area contributed by atoms with Crippen LogP contribution in [0.5, 0.6) is 5.75 Å². The van der Waals surface area contributed by atoms with E-state index in [9.17, 15) is 13.2 Å². The van der Waals surface area contributed by atoms with Gasteiger partial charge in [-0.1, -0.05) is 0 Å². The van der Waals surface area contributed by atoms with Gasteiger partial charge in [-0.3, -0.25) is 0 Å². The minimum Gasteiger partial charge on any atom is -0.494 e. The molecule has 0 saturated carbocycles. The summed E-state index contributed by atoms with van der Waals surface area (Å²) in [7, 11) is 0. The molecule has 6 heteroatoms. The maximum absolute atomic E-state index is 11.8. The average molecular weight is 308 g/mol. The van der Waals surface area contributed by atoms with Gasteiger partial charge in [0.1, 0.15) is 11.8 Å². The van der Waals surface area contributed by atoms with Gasteiger partial charge in [-0.15, -0.1) is 0 Å². The van der Waals surface area contributed by atoms with Gasteiger partial charge in [0.05, 0.1) is 12.2 Å². The molecule has 17 heavy (non-hydrogen) atoms. The first-order valence-electron chi connectivity index (χ1n) is 4.81. The normalized spacial score (nSPS) is 11.0. The van der Waals surface area contributed by atoms with Crippen LogP contribution in [0.1, 0.15) is 18.4 Å². The third-order valence-electron chi connectivity index (χ3n) is 1.93. The van der Waals surface area contributed by atoms with Gasteiger partial charge in [0.25, 0.3) is 0 Å². The van der Waals surface area contributed by atoms with E-state index in [-0.39, 0.29) is 13.0 Å². The molecule has 0 fully saturated rings. The molecule has 0 N–H and O–H groups in total. The molecule has 0 aromatic heterocycles. The van der Waals surface area contributed by atoms with Crippen molar-refractivity contribution in [1.82, 2.24) is 0 Å². The number of benzene rings is 1. The minimum absolute atomic E-state index is 0.00213. The fourth-order valence-electron chi connectivity index (χ4n) is 1.14. The second kappa shape index (κ2) is 5.92. The highest BCUT2D eigenvalue weighted by atomic mass is 79.9. The van der Waals surface area contributed by atoms with Crippen molar-refractivity contribution in [2.75, 3.05) is 6.61 Å². The van der Waals surface area contributed by atoms with E-state index < -0.39 is 12.6 Å². The second-order valence-corrected chi connectivity index (χ2v) is 4.17. The first kappa shape index (κ1) is 13.8. The highest BCUT2D eigenvalue weighted by Crippen LogP contribution is 2.24. The molecule has 1 aromatic rings. The van der Waals surface area contributed by atoms with Crippen molar-refractivity contribution in [3.8, 4) is 11.8 Å². The standard InChI is InChI=1S/C11H9BrF3NO/c12-10-6-9(3-2-8(10)7-16)17-5-1-4-11(13,14)15/h2-3,6H,1,4-5H2. The summed E-state index contributed by atoms with van der Waals surface area (Å²) in [6.07, 6.45) is -5.08. The molecule has 0 unspecified atom stereocenters. The molecular formula is C11H9BrF3NO. The van der Waals surface area contributed by atoms with Crippen LogP contribution in [0.15, 0.2) is 22.7 Å². The Balaban J connectivity index is 2.43. The second-order valence-electron chi connectivity index (χ2n) is 3.32. The van der Waals surface area contributed by atoms with Crippen LogP contribution in [0, 0.1) is 11.3 Å². The van der Waals surface area contributed by atoms with E-state index in [0.29, 0.717) is 15.8 Å². The summed E-state index contributed by atoms with van der Waals surface area (Å²) in [4.78, 5) is 0. The first-order valence-corrected chi connectivity index (χ1v) is 5.61. The maximum Gasteiger partial charge on any atom is 0.389 e. The Morgan fingerprint density at radius 2 is 2.06 bits per heavy atom. The summed E-state index contributed by atoms with van der Waals surface area (Å²) in [5, 5.41) is 8.67. The summed E-state index contributed by atoms with van der Waals surface area (Å²) < 4.78 is 41.2. The van der Waals surface area contributed by atoms with Gasteiger partial charge in [-0.05, 0) is 40.5 Å². The van der Waals surface area contributed by atoms with Crippen LogP contribution in [0.2, 0.25) is 0 Å². The lowest BCUT2D eigenvalue weighted by molar-refractivity contribution is -0.136. The minimum atomic E-state index is -4.14. The molecule has 0 aliphatic heterocycles. The number of nitrogens with zero attached hydrogens (tertiary/aromatic N) is 1. The van der Waals surface area contributed by atoms with E-state index in [1.54, 1.807) is 18.2 Å². The lowest BCUT2D eigenvalue weighted by Crippen LogP contribution is -2.09. The van der Waals surface area contributed by atoms with Gasteiger partial charge < -0.3 is 4.74 Å². The molecule has 1 rings (SSSR count). The SMILES string of the molecule is N#Cc1ccc(OCCCC(F)(F)F)cc1Br. The molecule has 1 aromatic carbocycles. The molecule has 0 aliphatic rings. The monoisotopic (exact) mass is 307 g/mol. The Kier molecular flexibility index (Phi) is 4.82. The van der Waals surface area contributed by atoms with Crippen LogP contribution in [-0.4, -0.2) is 12.8 Å². The van der Waals surface area contributed by atoms with Crippen molar-refractivity contribution in [2.45, 2.75) is 19.0 Å². The summed E-state index contributed by atoms with van der Waals surface area (Å²) in [6.45, 7) is -0.00213. The summed E-state index contributed by atoms with van der Waals surface area (Å²) in [6, 6.07) is 6.62. The average Bonchev–Trinajstić information content (AvgIpc) is 2.23. The van der Waals surface area contributed by atoms with Gasteiger partial charge in [0.2, 0.25) is 0 Å². The van der Waals surface area contributed by atoms with Crippen molar-refractivity contribution in [2.24, 2.45) is 0 Å². The van der Waals surface area contributed by atoms with Crippen LogP contribution < -0.4 is 4.74 Å². The number of rotatable bonds is 4. The van der Waals surface area contributed by atoms with Gasteiger partial charge in [0.15, 0.2) is 0 Å². The quantitative estimate of drug-likeness (QED) is 0.786. The third-order valence-corrected chi connectivity index (χ3v) is 2.59. The van der Waals surface area contributed by atoms with E-state index in [4.69, 9.17) is 10.00 Å². The maximum atomic E-state index is 11.8. The third kappa shape index (κ3) is 5.09. The van der Waals surface area contributed by atoms with Gasteiger partial charge >= 0.3 is 6.18 Å². The molecule has 0 radical (unpaired) electrons. The highest BCUT2D eigenvalue weighted by Gasteiger charge is 2.26. The first-order chi connectivity index (χ1) is 7.92. The topological polar surface area (TPSA) is 33.0 Å². The predicted molar refractivity (Wildman–Crippen MR) is 59.6 cm³/mol. The summed E-state index contributed by atoms with van der Waals surface area (Å²) in [5.74, 6) is 0.443. The molecule has 0 amide bonds. The number of alkyl halides is 3. The highest BCUT2D eigenvalue weighted by molar-refractivity contribution is 9.10. The lowest BCUT2D eigenvalue weighted by Gasteiger charge is -2.08. The zero-order valence-corrected chi connectivity index (χ0v) is 10.3. The van der Waals surface area contributed by atoms with Crippen LogP contribution >= 0.6 is 15.9 Å². The van der Waals surface area contributed by atoms with Gasteiger partial charge in [-0.2, -0.15) is 18.4 Å². The molecule has 0 heterocycles. The van der Waals surface area contributed by atoms with Crippen LogP contribution in [0.25, 0.3) is 0 Å². The largest absolute Gasteiger partial charge is 0.494 e. The van der Waals surface area contributed by atoms with Crippen molar-refractivity contribution in [3.63, 3.8) is 0 Å². The van der Waals surface area contributed by atoms with Gasteiger partial charge in [-0.25, -0.2) is 0 Å². The molecule has 0 spiro atoms. The summed E-state index contributed by atoms with van der Waals surface area (Å²) >= 11 is 3.17. The summed E-state index contributed by atoms with van der Waals surface area (Å²) in [5.41, 5.74) is 0.452. The Labute approximate surface area is 105 Å². The number of hydrogen-bond donors (Lipinski definition) is 0. The van der Waals surface area contributed by atoms with Gasteiger partial charge in [0, 0.05) is 10.9 Å². The zero-order chi connectivity index (χ0) is 12.9. The number of halogens is 4. The molecule has 92 valence electrons. The molecule has 2 nitrogen and oxygen atoms in total. The Hall–Kier alpha value is -1.22. The van der Waals surface area contributed by atoms with Crippen molar-refractivity contribution >= 4 is 15.9 Å². The molecule has 0 bridgehead atoms. The van der Waals surface area contributed by atoms with Crippen LogP contribution in [-0.2, 0) is 0 Å². The molecule has 0 aliphatic carbocycles. The van der Waals surface area contributed by atoms with E-state index in [2.05, 4.69) is 15.9 Å². The number of ether oxygens (including phenoxy) is 1. The smallest absolute Gasteiger partial charge is 0.389 e. The zero-order valence-electron chi connectivity index (χ0n) is 8.72. The van der Waals surface area contributed by atoms with E-state index in [0.717, 1.165) is 0 Å². The van der Waals surface area contributed by atoms with E-state index >= 15 is 0 Å². The number of nitriles is 1. The van der Waals surface area contributed by atoms with Crippen molar-refractivity contribution in [3.05, 3.63) is 28.2 Å². The van der Waals surface area contributed by atoms with Crippen LogP contribution in [0.3, 0.4) is 0 Å². The van der Waals surface area contributed by atoms with Crippen molar-refractivity contribution < 1.29 is 17.9 Å². The van der Waals surface area contributed by atoms with E-state index in [1.165, 1.54) is 0 Å². The fourth-order valence-corrected chi connectivity index (χ4v) is 1.59. The molecule has 0 saturated heterocycles.